The molecule has 14 heteroatoms. The third-order valence-corrected chi connectivity index (χ3v) is 7.98. The highest BCUT2D eigenvalue weighted by Gasteiger charge is 2.43. The van der Waals surface area contributed by atoms with Gasteiger partial charge in [0.05, 0.1) is 23.1 Å². The molecule has 14 nitrogen and oxygen atoms in total. The number of morpholine rings is 1. The molecule has 4 aromatic rings. The predicted octanol–water partition coefficient (Wildman–Crippen LogP) is 2.82. The lowest BCUT2D eigenvalue weighted by Gasteiger charge is -2.35. The Balaban J connectivity index is 1.11. The van der Waals surface area contributed by atoms with Crippen LogP contribution in [-0.2, 0) is 35.1 Å². The molecule has 7 rings (SSSR count). The summed E-state index contributed by atoms with van der Waals surface area (Å²) in [5.41, 5.74) is 2.89. The van der Waals surface area contributed by atoms with Gasteiger partial charge in [-0.1, -0.05) is 23.4 Å². The van der Waals surface area contributed by atoms with Gasteiger partial charge >= 0.3 is 5.97 Å². The van der Waals surface area contributed by atoms with E-state index in [9.17, 15) is 28.8 Å². The molecule has 0 unspecified atom stereocenters. The van der Waals surface area contributed by atoms with Gasteiger partial charge in [0, 0.05) is 43.0 Å². The van der Waals surface area contributed by atoms with Crippen molar-refractivity contribution in [1.29, 1.82) is 0 Å². The summed E-state index contributed by atoms with van der Waals surface area (Å²) in [6.07, 6.45) is -2.15. The first-order valence-corrected chi connectivity index (χ1v) is 14.4. The number of esters is 1. The fourth-order valence-corrected chi connectivity index (χ4v) is 5.80. The lowest BCUT2D eigenvalue weighted by atomic mass is 10.0. The molecule has 0 spiro atoms. The number of fused-ring (bicyclic) bond motifs is 3. The predicted molar refractivity (Wildman–Crippen MR) is 161 cm³/mol. The highest BCUT2D eigenvalue weighted by molar-refractivity contribution is 6.35. The normalized spacial score (nSPS) is 18.2. The zero-order valence-corrected chi connectivity index (χ0v) is 24.3. The van der Waals surface area contributed by atoms with Gasteiger partial charge in [-0.15, -0.1) is 0 Å². The Labute approximate surface area is 260 Å². The third-order valence-electron chi connectivity index (χ3n) is 7.98. The molecule has 1 aromatic heterocycles. The van der Waals surface area contributed by atoms with E-state index in [1.165, 1.54) is 23.1 Å². The van der Waals surface area contributed by atoms with E-state index in [1.54, 1.807) is 36.4 Å². The largest absolute Gasteiger partial charge is 0.449 e. The molecule has 2 N–H and O–H groups in total. The average Bonchev–Trinajstić information content (AvgIpc) is 3.56. The highest BCUT2D eigenvalue weighted by Crippen LogP contribution is 2.34. The maximum absolute atomic E-state index is 13.6. The summed E-state index contributed by atoms with van der Waals surface area (Å²) in [6.45, 7) is 1.34. The van der Waals surface area contributed by atoms with Crippen LogP contribution in [0.5, 0.6) is 0 Å². The third kappa shape index (κ3) is 4.94. The molecule has 3 aliphatic heterocycles. The molecule has 4 heterocycles. The van der Waals surface area contributed by atoms with E-state index in [4.69, 9.17) is 14.0 Å². The van der Waals surface area contributed by atoms with Crippen LogP contribution in [0.15, 0.2) is 65.2 Å². The maximum Gasteiger partial charge on any atom is 0.303 e. The molecule has 1 fully saturated rings. The molecule has 3 aromatic carbocycles. The molecule has 1 saturated heterocycles. The number of rotatable bonds is 6. The number of nitrogens with one attached hydrogen (secondary N) is 2. The van der Waals surface area contributed by atoms with E-state index in [0.29, 0.717) is 29.6 Å². The fraction of sp³-hybridized carbons (Fsp3) is 0.219. The monoisotopic (exact) mass is 623 g/mol. The fourth-order valence-electron chi connectivity index (χ4n) is 5.80. The first-order chi connectivity index (χ1) is 22.2. The van der Waals surface area contributed by atoms with Crippen molar-refractivity contribution in [2.45, 2.75) is 32.0 Å². The smallest absolute Gasteiger partial charge is 0.303 e. The van der Waals surface area contributed by atoms with Crippen LogP contribution in [0.4, 0.5) is 22.9 Å². The molecule has 0 radical (unpaired) electrons. The van der Waals surface area contributed by atoms with E-state index in [0.717, 1.165) is 17.4 Å². The van der Waals surface area contributed by atoms with Crippen molar-refractivity contribution in [3.05, 3.63) is 77.4 Å². The van der Waals surface area contributed by atoms with Crippen LogP contribution >= 0.6 is 0 Å². The summed E-state index contributed by atoms with van der Waals surface area (Å²) in [5.74, 6) is -3.45. The Kier molecular flexibility index (Phi) is 7.05. The Morgan fingerprint density at radius 3 is 2.50 bits per heavy atom. The molecule has 2 atom stereocenters. The molecule has 5 amide bonds. The summed E-state index contributed by atoms with van der Waals surface area (Å²) in [7, 11) is 0. The molecule has 0 saturated carbocycles. The molecule has 232 valence electrons. The summed E-state index contributed by atoms with van der Waals surface area (Å²) >= 11 is 0. The molecule has 0 aliphatic carbocycles. The Morgan fingerprint density at radius 2 is 1.76 bits per heavy atom. The lowest BCUT2D eigenvalue weighted by molar-refractivity contribution is -0.167. The number of amides is 5. The SMILES string of the molecule is CC(=O)O[C@@H](C(=O)Nc1ccc2c(N3C(=O)c4ccccc4C3=O)noc2c1)[C@H]1OCCN(c2ccc3c(c2)NC(=O)CC3)C1=O. The molecular weight excluding hydrogens is 598 g/mol. The van der Waals surface area contributed by atoms with Gasteiger partial charge in [0.1, 0.15) is 0 Å². The maximum atomic E-state index is 13.6. The van der Waals surface area contributed by atoms with Gasteiger partial charge in [-0.2, -0.15) is 0 Å². The molecule has 3 aliphatic rings. The molecule has 46 heavy (non-hydrogen) atoms. The minimum atomic E-state index is -1.65. The zero-order chi connectivity index (χ0) is 32.1. The van der Waals surface area contributed by atoms with Gasteiger partial charge in [-0.3, -0.25) is 28.8 Å². The molecule has 0 bridgehead atoms. The minimum absolute atomic E-state index is 0.0000892. The number of ether oxygens (including phenoxy) is 2. The van der Waals surface area contributed by atoms with Crippen LogP contribution in [0.2, 0.25) is 0 Å². The van der Waals surface area contributed by atoms with E-state index < -0.39 is 41.8 Å². The number of carbonyl (C=O) groups excluding carboxylic acids is 6. The van der Waals surface area contributed by atoms with Crippen LogP contribution in [0.25, 0.3) is 11.0 Å². The van der Waals surface area contributed by atoms with E-state index in [2.05, 4.69) is 15.8 Å². The van der Waals surface area contributed by atoms with Crippen molar-refractivity contribution < 1.29 is 42.8 Å². The topological polar surface area (TPSA) is 177 Å². The van der Waals surface area contributed by atoms with Crippen molar-refractivity contribution in [1.82, 2.24) is 5.16 Å². The van der Waals surface area contributed by atoms with E-state index in [1.807, 2.05) is 6.07 Å². The first-order valence-electron chi connectivity index (χ1n) is 14.4. The number of anilines is 4. The van der Waals surface area contributed by atoms with Crippen molar-refractivity contribution >= 4 is 69.4 Å². The van der Waals surface area contributed by atoms with Gasteiger partial charge in [-0.25, -0.2) is 4.90 Å². The second kappa shape index (κ2) is 11.2. The number of hydrogen-bond donors (Lipinski definition) is 2. The summed E-state index contributed by atoms with van der Waals surface area (Å²) in [5, 5.41) is 9.71. The van der Waals surface area contributed by atoms with Crippen molar-refractivity contribution in [3.8, 4) is 0 Å². The van der Waals surface area contributed by atoms with Gasteiger partial charge in [-0.05, 0) is 48.4 Å². The second-order valence-electron chi connectivity index (χ2n) is 10.9. The van der Waals surface area contributed by atoms with Crippen LogP contribution in [0.1, 0.15) is 39.6 Å². The Hall–Kier alpha value is -5.89. The van der Waals surface area contributed by atoms with Crippen LogP contribution < -0.4 is 20.4 Å². The van der Waals surface area contributed by atoms with Crippen LogP contribution in [0, 0.1) is 0 Å². The number of benzene rings is 3. The average molecular weight is 624 g/mol. The number of aromatic nitrogens is 1. The number of hydrogen-bond acceptors (Lipinski definition) is 10. The van der Waals surface area contributed by atoms with Crippen LogP contribution in [0.3, 0.4) is 0 Å². The summed E-state index contributed by atoms with van der Waals surface area (Å²) in [4.78, 5) is 79.3. The van der Waals surface area contributed by atoms with E-state index >= 15 is 0 Å². The summed E-state index contributed by atoms with van der Waals surface area (Å²) < 4.78 is 16.4. The number of carbonyl (C=O) groups is 6. The van der Waals surface area contributed by atoms with Crippen LogP contribution in [-0.4, -0.2) is 66.0 Å². The minimum Gasteiger partial charge on any atom is -0.449 e. The highest BCUT2D eigenvalue weighted by atomic mass is 16.6. The second-order valence-corrected chi connectivity index (χ2v) is 10.9. The van der Waals surface area contributed by atoms with Gasteiger partial charge in [0.2, 0.25) is 12.0 Å². The Bertz CT molecular complexity index is 1950. The quantitative estimate of drug-likeness (QED) is 0.240. The zero-order valence-electron chi connectivity index (χ0n) is 24.3. The Morgan fingerprint density at radius 1 is 1.00 bits per heavy atom. The number of aryl methyl sites for hydroxylation is 1. The van der Waals surface area contributed by atoms with Crippen molar-refractivity contribution in [3.63, 3.8) is 0 Å². The molecular formula is C32H25N5O9. The van der Waals surface area contributed by atoms with Gasteiger partial charge in [0.25, 0.3) is 23.6 Å². The first kappa shape index (κ1) is 28.9. The van der Waals surface area contributed by atoms with Crippen molar-refractivity contribution in [2.24, 2.45) is 0 Å². The standard InChI is InChI=1S/C32H25N5O9/c1-16(38)45-26(27-32(43)36(12-13-44-27)19-9-6-17-7-11-25(39)34-23(17)15-19)29(40)33-18-8-10-22-24(14-18)46-35-28(22)37-30(41)20-4-2-3-5-21(20)31(37)42/h2-6,8-10,14-15,26-27H,7,11-13H2,1H3,(H,33,40)(H,34,39)/t26-,27-/m1/s1. The van der Waals surface area contributed by atoms with E-state index in [-0.39, 0.29) is 47.3 Å². The summed E-state index contributed by atoms with van der Waals surface area (Å²) in [6, 6.07) is 16.1. The van der Waals surface area contributed by atoms with Gasteiger partial charge < -0.3 is 29.5 Å². The van der Waals surface area contributed by atoms with Gasteiger partial charge in [0.15, 0.2) is 17.5 Å². The number of imide groups is 1. The number of nitrogens with zero attached hydrogens (tertiary/aromatic N) is 3. The van der Waals surface area contributed by atoms with Crippen molar-refractivity contribution in [2.75, 3.05) is 33.6 Å². The lowest BCUT2D eigenvalue weighted by Crippen LogP contribution is -2.56.